The second-order valence-corrected chi connectivity index (χ2v) is 7.11. The van der Waals surface area contributed by atoms with Crippen LogP contribution in [0.4, 0.5) is 0 Å². The molecule has 0 atom stereocenters. The van der Waals surface area contributed by atoms with Crippen molar-refractivity contribution in [3.63, 3.8) is 0 Å². The van der Waals surface area contributed by atoms with Crippen LogP contribution in [0.15, 0.2) is 42.5 Å². The quantitative estimate of drug-likeness (QED) is 0.869. The van der Waals surface area contributed by atoms with Crippen LogP contribution in [0.5, 0.6) is 5.75 Å². The molecule has 1 heterocycles. The standard InChI is InChI=1S/C21H24N2O3/c1-21(2)13-17-9-4-6-14(18(17)26-21)10-11-23-20(25)16-8-5-7-15(12-16)19(24)22-3/h4-9,12H,10-11,13H2,1-3H3,(H,22,24)(H,23,25). The Hall–Kier alpha value is -2.82. The van der Waals surface area contributed by atoms with Crippen molar-refractivity contribution in [1.82, 2.24) is 10.6 Å². The molecule has 2 aromatic carbocycles. The van der Waals surface area contributed by atoms with E-state index in [-0.39, 0.29) is 17.4 Å². The molecule has 5 nitrogen and oxygen atoms in total. The fourth-order valence-corrected chi connectivity index (χ4v) is 3.23. The zero-order chi connectivity index (χ0) is 18.7. The molecule has 2 amide bonds. The summed E-state index contributed by atoms with van der Waals surface area (Å²) in [6, 6.07) is 12.9. The molecule has 5 heteroatoms. The van der Waals surface area contributed by atoms with Crippen LogP contribution in [-0.4, -0.2) is 31.0 Å². The summed E-state index contributed by atoms with van der Waals surface area (Å²) < 4.78 is 6.06. The van der Waals surface area contributed by atoms with Crippen LogP contribution in [-0.2, 0) is 12.8 Å². The second kappa shape index (κ2) is 7.20. The Labute approximate surface area is 153 Å². The van der Waals surface area contributed by atoms with Crippen LogP contribution in [0.25, 0.3) is 0 Å². The monoisotopic (exact) mass is 352 g/mol. The number of hydrogen-bond donors (Lipinski definition) is 2. The van der Waals surface area contributed by atoms with Gasteiger partial charge in [0, 0.05) is 31.1 Å². The van der Waals surface area contributed by atoms with E-state index in [4.69, 9.17) is 4.74 Å². The molecule has 1 aliphatic heterocycles. The first-order chi connectivity index (χ1) is 12.4. The van der Waals surface area contributed by atoms with Crippen molar-refractivity contribution < 1.29 is 14.3 Å². The van der Waals surface area contributed by atoms with E-state index in [2.05, 4.69) is 30.5 Å². The summed E-state index contributed by atoms with van der Waals surface area (Å²) in [4.78, 5) is 24.1. The molecule has 0 bridgehead atoms. The number of hydrogen-bond acceptors (Lipinski definition) is 3. The van der Waals surface area contributed by atoms with Gasteiger partial charge < -0.3 is 15.4 Å². The number of benzene rings is 2. The third-order valence-electron chi connectivity index (χ3n) is 4.47. The lowest BCUT2D eigenvalue weighted by Gasteiger charge is -2.18. The molecule has 0 unspecified atom stereocenters. The summed E-state index contributed by atoms with van der Waals surface area (Å²) >= 11 is 0. The molecule has 136 valence electrons. The van der Waals surface area contributed by atoms with E-state index in [0.29, 0.717) is 24.1 Å². The largest absolute Gasteiger partial charge is 0.487 e. The summed E-state index contributed by atoms with van der Waals surface area (Å²) in [5.74, 6) is 0.553. The normalized spacial score (nSPS) is 14.3. The maximum absolute atomic E-state index is 12.4. The minimum absolute atomic E-state index is 0.179. The van der Waals surface area contributed by atoms with Crippen molar-refractivity contribution in [2.75, 3.05) is 13.6 Å². The topological polar surface area (TPSA) is 67.4 Å². The van der Waals surface area contributed by atoms with Crippen molar-refractivity contribution in [1.29, 1.82) is 0 Å². The molecule has 1 aliphatic rings. The van der Waals surface area contributed by atoms with Crippen LogP contribution in [0.3, 0.4) is 0 Å². The number of carbonyl (C=O) groups is 2. The molecule has 0 spiro atoms. The number of amides is 2. The fraction of sp³-hybridized carbons (Fsp3) is 0.333. The Morgan fingerprint density at radius 2 is 1.77 bits per heavy atom. The Morgan fingerprint density at radius 3 is 2.50 bits per heavy atom. The van der Waals surface area contributed by atoms with Gasteiger partial charge in [0.25, 0.3) is 11.8 Å². The maximum atomic E-state index is 12.4. The summed E-state index contributed by atoms with van der Waals surface area (Å²) in [6.07, 6.45) is 1.59. The van der Waals surface area contributed by atoms with Crippen LogP contribution in [0, 0.1) is 0 Å². The smallest absolute Gasteiger partial charge is 0.251 e. The van der Waals surface area contributed by atoms with Gasteiger partial charge in [0.1, 0.15) is 11.4 Å². The van der Waals surface area contributed by atoms with Gasteiger partial charge >= 0.3 is 0 Å². The molecule has 2 N–H and O–H groups in total. The Bertz CT molecular complexity index is 843. The number of rotatable bonds is 5. The van der Waals surface area contributed by atoms with Gasteiger partial charge in [-0.15, -0.1) is 0 Å². The highest BCUT2D eigenvalue weighted by molar-refractivity contribution is 5.99. The minimum atomic E-state index is -0.209. The zero-order valence-corrected chi connectivity index (χ0v) is 15.4. The van der Waals surface area contributed by atoms with Gasteiger partial charge in [0.15, 0.2) is 0 Å². The summed E-state index contributed by atoms with van der Waals surface area (Å²) in [5.41, 5.74) is 3.09. The van der Waals surface area contributed by atoms with Crippen LogP contribution >= 0.6 is 0 Å². The third kappa shape index (κ3) is 3.87. The lowest BCUT2D eigenvalue weighted by Crippen LogP contribution is -2.27. The van der Waals surface area contributed by atoms with Crippen LogP contribution in [0.2, 0.25) is 0 Å². The summed E-state index contributed by atoms with van der Waals surface area (Å²) in [6.45, 7) is 4.67. The van der Waals surface area contributed by atoms with Gasteiger partial charge in [0.2, 0.25) is 0 Å². The van der Waals surface area contributed by atoms with Crippen molar-refractivity contribution in [3.05, 3.63) is 64.7 Å². The molecule has 0 saturated heterocycles. The highest BCUT2D eigenvalue weighted by Gasteiger charge is 2.31. The van der Waals surface area contributed by atoms with Gasteiger partial charge in [0.05, 0.1) is 0 Å². The molecule has 2 aromatic rings. The van der Waals surface area contributed by atoms with Crippen molar-refractivity contribution in [2.24, 2.45) is 0 Å². The number of para-hydroxylation sites is 1. The van der Waals surface area contributed by atoms with Gasteiger partial charge in [-0.05, 0) is 49.6 Å². The van der Waals surface area contributed by atoms with Gasteiger partial charge in [-0.1, -0.05) is 24.3 Å². The van der Waals surface area contributed by atoms with E-state index < -0.39 is 0 Å². The third-order valence-corrected chi connectivity index (χ3v) is 4.47. The molecule has 0 aliphatic carbocycles. The highest BCUT2D eigenvalue weighted by atomic mass is 16.5. The molecule has 0 radical (unpaired) electrons. The first kappa shape index (κ1) is 18.0. The fourth-order valence-electron chi connectivity index (χ4n) is 3.23. The molecular formula is C21H24N2O3. The molecular weight excluding hydrogens is 328 g/mol. The van der Waals surface area contributed by atoms with E-state index in [1.54, 1.807) is 31.3 Å². The van der Waals surface area contributed by atoms with Crippen LogP contribution in [0.1, 0.15) is 45.7 Å². The first-order valence-corrected chi connectivity index (χ1v) is 8.80. The van der Waals surface area contributed by atoms with Gasteiger partial charge in [-0.2, -0.15) is 0 Å². The molecule has 3 rings (SSSR count). The van der Waals surface area contributed by atoms with E-state index in [1.165, 1.54) is 5.56 Å². The summed E-state index contributed by atoms with van der Waals surface area (Å²) in [5, 5.41) is 5.48. The van der Waals surface area contributed by atoms with Gasteiger partial charge in [-0.3, -0.25) is 9.59 Å². The Kier molecular flexibility index (Phi) is 4.98. The predicted octanol–water partition coefficient (Wildman–Crippen LogP) is 2.73. The number of nitrogens with one attached hydrogen (secondary N) is 2. The average molecular weight is 352 g/mol. The predicted molar refractivity (Wildman–Crippen MR) is 101 cm³/mol. The van der Waals surface area contributed by atoms with Gasteiger partial charge in [-0.25, -0.2) is 0 Å². The molecule has 0 fully saturated rings. The lowest BCUT2D eigenvalue weighted by atomic mass is 10.00. The van der Waals surface area contributed by atoms with Crippen molar-refractivity contribution >= 4 is 11.8 Å². The Balaban J connectivity index is 1.62. The Morgan fingerprint density at radius 1 is 1.08 bits per heavy atom. The number of fused-ring (bicyclic) bond motifs is 1. The molecule has 26 heavy (non-hydrogen) atoms. The van der Waals surface area contributed by atoms with Crippen molar-refractivity contribution in [3.8, 4) is 5.75 Å². The second-order valence-electron chi connectivity index (χ2n) is 7.11. The summed E-state index contributed by atoms with van der Waals surface area (Å²) in [7, 11) is 1.57. The number of ether oxygens (including phenoxy) is 1. The van der Waals surface area contributed by atoms with E-state index in [9.17, 15) is 9.59 Å². The highest BCUT2D eigenvalue weighted by Crippen LogP contribution is 2.37. The van der Waals surface area contributed by atoms with Crippen molar-refractivity contribution in [2.45, 2.75) is 32.3 Å². The first-order valence-electron chi connectivity index (χ1n) is 8.80. The van der Waals surface area contributed by atoms with E-state index >= 15 is 0 Å². The van der Waals surface area contributed by atoms with E-state index in [1.807, 2.05) is 12.1 Å². The minimum Gasteiger partial charge on any atom is -0.487 e. The zero-order valence-electron chi connectivity index (χ0n) is 15.4. The average Bonchev–Trinajstić information content (AvgIpc) is 2.95. The SMILES string of the molecule is CNC(=O)c1cccc(C(=O)NCCc2cccc3c2OC(C)(C)C3)c1. The van der Waals surface area contributed by atoms with Crippen LogP contribution < -0.4 is 15.4 Å². The van der Waals surface area contributed by atoms with E-state index in [0.717, 1.165) is 17.7 Å². The molecule has 0 saturated carbocycles. The lowest BCUT2D eigenvalue weighted by molar-refractivity contribution is 0.0953. The maximum Gasteiger partial charge on any atom is 0.251 e. The number of carbonyl (C=O) groups excluding carboxylic acids is 2. The molecule has 0 aromatic heterocycles.